The average Bonchev–Trinajstić information content (AvgIpc) is 2.18. The summed E-state index contributed by atoms with van der Waals surface area (Å²) in [4.78, 5) is 11.3. The molecule has 2 N–H and O–H groups in total. The number of rotatable bonds is 3. The van der Waals surface area contributed by atoms with Gasteiger partial charge in [0.2, 0.25) is 0 Å². The second-order valence-electron chi connectivity index (χ2n) is 3.71. The molecule has 76 valence electrons. The molecule has 1 aliphatic rings. The summed E-state index contributed by atoms with van der Waals surface area (Å²) in [7, 11) is 0. The Kier molecular flexibility index (Phi) is 4.22. The number of carbonyl (C=O) groups is 1. The third kappa shape index (κ3) is 3.35. The maximum absolute atomic E-state index is 11.3. The fraction of sp³-hybridized carbons (Fsp3) is 0.900. The van der Waals surface area contributed by atoms with Crippen molar-refractivity contribution in [1.82, 2.24) is 0 Å². The first-order valence-corrected chi connectivity index (χ1v) is 5.20. The molecule has 0 spiro atoms. The van der Waals surface area contributed by atoms with Gasteiger partial charge in [-0.05, 0) is 32.1 Å². The van der Waals surface area contributed by atoms with E-state index in [0.717, 1.165) is 12.8 Å². The van der Waals surface area contributed by atoms with Crippen LogP contribution in [0.1, 0.15) is 45.4 Å². The standard InChI is InChI=1S/C10H19NO2/c1-2-9(11)10(12)13-8-6-4-3-5-7-8/h8-9H,2-7,11H2,1H3. The van der Waals surface area contributed by atoms with Gasteiger partial charge in [0.05, 0.1) is 0 Å². The van der Waals surface area contributed by atoms with Crippen molar-refractivity contribution >= 4 is 5.97 Å². The van der Waals surface area contributed by atoms with Crippen LogP contribution in [0.4, 0.5) is 0 Å². The maximum Gasteiger partial charge on any atom is 0.323 e. The molecule has 1 unspecified atom stereocenters. The quantitative estimate of drug-likeness (QED) is 0.679. The first-order chi connectivity index (χ1) is 6.24. The Morgan fingerprint density at radius 3 is 2.62 bits per heavy atom. The first-order valence-electron chi connectivity index (χ1n) is 5.20. The molecule has 1 fully saturated rings. The van der Waals surface area contributed by atoms with Crippen LogP contribution in [0.5, 0.6) is 0 Å². The third-order valence-electron chi connectivity index (χ3n) is 2.58. The van der Waals surface area contributed by atoms with Gasteiger partial charge >= 0.3 is 5.97 Å². The minimum absolute atomic E-state index is 0.138. The molecule has 1 aliphatic carbocycles. The van der Waals surface area contributed by atoms with Crippen molar-refractivity contribution in [2.45, 2.75) is 57.6 Å². The van der Waals surface area contributed by atoms with Crippen molar-refractivity contribution < 1.29 is 9.53 Å². The molecular weight excluding hydrogens is 166 g/mol. The SMILES string of the molecule is CCC(N)C(=O)OC1CCCCC1. The molecule has 1 atom stereocenters. The summed E-state index contributed by atoms with van der Waals surface area (Å²) in [5, 5.41) is 0. The van der Waals surface area contributed by atoms with Crippen LogP contribution >= 0.6 is 0 Å². The molecule has 0 aliphatic heterocycles. The summed E-state index contributed by atoms with van der Waals surface area (Å²) in [5.41, 5.74) is 5.56. The molecule has 1 rings (SSSR count). The number of hydrogen-bond acceptors (Lipinski definition) is 3. The van der Waals surface area contributed by atoms with Crippen LogP contribution in [-0.4, -0.2) is 18.1 Å². The van der Waals surface area contributed by atoms with Crippen LogP contribution in [-0.2, 0) is 9.53 Å². The van der Waals surface area contributed by atoms with E-state index in [9.17, 15) is 4.79 Å². The Morgan fingerprint density at radius 1 is 1.46 bits per heavy atom. The zero-order chi connectivity index (χ0) is 9.68. The second kappa shape index (κ2) is 5.22. The summed E-state index contributed by atoms with van der Waals surface area (Å²) in [5.74, 6) is -0.227. The molecule has 0 aromatic rings. The number of esters is 1. The molecular formula is C10H19NO2. The molecule has 0 saturated heterocycles. The Bertz CT molecular complexity index is 164. The maximum atomic E-state index is 11.3. The van der Waals surface area contributed by atoms with Gasteiger partial charge in [-0.2, -0.15) is 0 Å². The van der Waals surface area contributed by atoms with Crippen LogP contribution in [0.25, 0.3) is 0 Å². The van der Waals surface area contributed by atoms with Crippen LogP contribution < -0.4 is 5.73 Å². The lowest BCUT2D eigenvalue weighted by atomic mass is 9.98. The first kappa shape index (κ1) is 10.5. The molecule has 3 nitrogen and oxygen atoms in total. The topological polar surface area (TPSA) is 52.3 Å². The molecule has 0 amide bonds. The molecule has 3 heteroatoms. The molecule has 0 radical (unpaired) electrons. The van der Waals surface area contributed by atoms with Gasteiger partial charge in [0, 0.05) is 0 Å². The Labute approximate surface area is 79.6 Å². The van der Waals surface area contributed by atoms with E-state index in [1.54, 1.807) is 0 Å². The minimum atomic E-state index is -0.429. The van der Waals surface area contributed by atoms with Crippen molar-refractivity contribution in [3.63, 3.8) is 0 Å². The Hall–Kier alpha value is -0.570. The minimum Gasteiger partial charge on any atom is -0.461 e. The summed E-state index contributed by atoms with van der Waals surface area (Å²) in [6.45, 7) is 1.90. The highest BCUT2D eigenvalue weighted by molar-refractivity contribution is 5.75. The van der Waals surface area contributed by atoms with Gasteiger partial charge in [-0.15, -0.1) is 0 Å². The lowest BCUT2D eigenvalue weighted by molar-refractivity contribution is -0.152. The molecule has 13 heavy (non-hydrogen) atoms. The Balaban J connectivity index is 2.26. The zero-order valence-electron chi connectivity index (χ0n) is 8.29. The van der Waals surface area contributed by atoms with Gasteiger partial charge in [-0.1, -0.05) is 13.3 Å². The third-order valence-corrected chi connectivity index (χ3v) is 2.58. The van der Waals surface area contributed by atoms with Crippen molar-refractivity contribution in [3.05, 3.63) is 0 Å². The van der Waals surface area contributed by atoms with Crippen molar-refractivity contribution in [2.75, 3.05) is 0 Å². The van der Waals surface area contributed by atoms with E-state index < -0.39 is 6.04 Å². The smallest absolute Gasteiger partial charge is 0.323 e. The van der Waals surface area contributed by atoms with Crippen LogP contribution in [0.3, 0.4) is 0 Å². The van der Waals surface area contributed by atoms with E-state index in [4.69, 9.17) is 10.5 Å². The predicted octanol–water partition coefficient (Wildman–Crippen LogP) is 1.60. The highest BCUT2D eigenvalue weighted by Crippen LogP contribution is 2.20. The van der Waals surface area contributed by atoms with Crippen molar-refractivity contribution in [1.29, 1.82) is 0 Å². The van der Waals surface area contributed by atoms with E-state index in [2.05, 4.69) is 0 Å². The predicted molar refractivity (Wildman–Crippen MR) is 51.2 cm³/mol. The van der Waals surface area contributed by atoms with Crippen LogP contribution in [0, 0.1) is 0 Å². The summed E-state index contributed by atoms with van der Waals surface area (Å²) in [6, 6.07) is -0.429. The largest absolute Gasteiger partial charge is 0.461 e. The van der Waals surface area contributed by atoms with Gasteiger partial charge in [-0.25, -0.2) is 0 Å². The number of ether oxygens (including phenoxy) is 1. The monoisotopic (exact) mass is 185 g/mol. The van der Waals surface area contributed by atoms with Gasteiger partial charge in [0.1, 0.15) is 12.1 Å². The van der Waals surface area contributed by atoms with Crippen LogP contribution in [0.15, 0.2) is 0 Å². The van der Waals surface area contributed by atoms with Crippen LogP contribution in [0.2, 0.25) is 0 Å². The number of hydrogen-bond donors (Lipinski definition) is 1. The summed E-state index contributed by atoms with van der Waals surface area (Å²) >= 11 is 0. The average molecular weight is 185 g/mol. The molecule has 0 bridgehead atoms. The van der Waals surface area contributed by atoms with Crippen molar-refractivity contribution in [2.24, 2.45) is 5.73 Å². The van der Waals surface area contributed by atoms with E-state index in [1.807, 2.05) is 6.92 Å². The summed E-state index contributed by atoms with van der Waals surface area (Å²) in [6.07, 6.45) is 6.46. The second-order valence-corrected chi connectivity index (χ2v) is 3.71. The van der Waals surface area contributed by atoms with Gasteiger partial charge < -0.3 is 10.5 Å². The highest BCUT2D eigenvalue weighted by Gasteiger charge is 2.20. The number of nitrogens with two attached hydrogens (primary N) is 1. The molecule has 1 saturated carbocycles. The van der Waals surface area contributed by atoms with E-state index in [-0.39, 0.29) is 12.1 Å². The fourth-order valence-electron chi connectivity index (χ4n) is 1.60. The van der Waals surface area contributed by atoms with Gasteiger partial charge in [-0.3, -0.25) is 4.79 Å². The van der Waals surface area contributed by atoms with E-state index in [0.29, 0.717) is 6.42 Å². The molecule has 0 aromatic carbocycles. The lowest BCUT2D eigenvalue weighted by Gasteiger charge is -2.23. The Morgan fingerprint density at radius 2 is 2.08 bits per heavy atom. The molecule has 0 aromatic heterocycles. The van der Waals surface area contributed by atoms with E-state index >= 15 is 0 Å². The zero-order valence-corrected chi connectivity index (χ0v) is 8.29. The summed E-state index contributed by atoms with van der Waals surface area (Å²) < 4.78 is 5.28. The van der Waals surface area contributed by atoms with Gasteiger partial charge in [0.15, 0.2) is 0 Å². The highest BCUT2D eigenvalue weighted by atomic mass is 16.5. The van der Waals surface area contributed by atoms with E-state index in [1.165, 1.54) is 19.3 Å². The fourth-order valence-corrected chi connectivity index (χ4v) is 1.60. The molecule has 0 heterocycles. The van der Waals surface area contributed by atoms with Crippen molar-refractivity contribution in [3.8, 4) is 0 Å². The lowest BCUT2D eigenvalue weighted by Crippen LogP contribution is -2.34. The van der Waals surface area contributed by atoms with Gasteiger partial charge in [0.25, 0.3) is 0 Å². The normalized spacial score (nSPS) is 21.1. The number of carbonyl (C=O) groups excluding carboxylic acids is 1.